The summed E-state index contributed by atoms with van der Waals surface area (Å²) in [5.41, 5.74) is 6.49. The first kappa shape index (κ1) is 13.8. The van der Waals surface area contributed by atoms with E-state index in [4.69, 9.17) is 15.4 Å². The minimum atomic E-state index is 0.0885. The molecule has 1 aromatic carbocycles. The Balaban J connectivity index is 2.44. The zero-order valence-electron chi connectivity index (χ0n) is 10.2. The number of benzene rings is 1. The highest BCUT2D eigenvalue weighted by atomic mass is 32.2. The summed E-state index contributed by atoms with van der Waals surface area (Å²) in [6.45, 7) is 2.05. The van der Waals surface area contributed by atoms with Crippen LogP contribution < -0.4 is 5.73 Å². The van der Waals surface area contributed by atoms with E-state index in [9.17, 15) is 0 Å². The quantitative estimate of drug-likeness (QED) is 0.290. The van der Waals surface area contributed by atoms with Gasteiger partial charge < -0.3 is 15.4 Å². The monoisotopic (exact) mass is 295 g/mol. The van der Waals surface area contributed by atoms with Gasteiger partial charge in [-0.1, -0.05) is 18.1 Å². The molecule has 0 saturated carbocycles. The molecule has 2 rings (SSSR count). The Morgan fingerprint density at radius 1 is 1.47 bits per heavy atom. The second kappa shape index (κ2) is 6.53. The number of oxime groups is 1. The first-order valence-corrected chi connectivity index (χ1v) is 7.37. The van der Waals surface area contributed by atoms with E-state index < -0.39 is 0 Å². The summed E-state index contributed by atoms with van der Waals surface area (Å²) in [6, 6.07) is 5.76. The van der Waals surface area contributed by atoms with Gasteiger partial charge in [-0.15, -0.1) is 11.8 Å². The van der Waals surface area contributed by atoms with Crippen molar-refractivity contribution in [2.45, 2.75) is 21.9 Å². The fourth-order valence-electron chi connectivity index (χ4n) is 1.53. The van der Waals surface area contributed by atoms with Crippen molar-refractivity contribution in [3.63, 3.8) is 0 Å². The smallest absolute Gasteiger partial charge is 0.260 e. The zero-order chi connectivity index (χ0) is 13.7. The number of rotatable bonds is 5. The van der Waals surface area contributed by atoms with Crippen molar-refractivity contribution in [1.29, 1.82) is 0 Å². The third kappa shape index (κ3) is 3.24. The second-order valence-electron chi connectivity index (χ2n) is 3.45. The largest absolute Gasteiger partial charge is 0.440 e. The molecule has 2 aromatic rings. The van der Waals surface area contributed by atoms with Crippen molar-refractivity contribution in [3.05, 3.63) is 36.2 Å². The lowest BCUT2D eigenvalue weighted by Gasteiger charge is -2.11. The molecule has 3 N–H and O–H groups in total. The Labute approximate surface area is 119 Å². The van der Waals surface area contributed by atoms with E-state index in [1.165, 1.54) is 18.0 Å². The molecule has 0 unspecified atom stereocenters. The van der Waals surface area contributed by atoms with Gasteiger partial charge in [0.2, 0.25) is 0 Å². The van der Waals surface area contributed by atoms with Crippen LogP contribution in [0.1, 0.15) is 12.5 Å². The van der Waals surface area contributed by atoms with Crippen LogP contribution >= 0.6 is 23.5 Å². The Kier molecular flexibility index (Phi) is 4.75. The molecule has 0 atom stereocenters. The molecule has 0 bridgehead atoms. The maximum atomic E-state index is 8.94. The third-order valence-electron chi connectivity index (χ3n) is 2.26. The molecule has 1 heterocycles. The van der Waals surface area contributed by atoms with Gasteiger partial charge in [0.25, 0.3) is 5.22 Å². The van der Waals surface area contributed by atoms with E-state index in [-0.39, 0.29) is 5.84 Å². The van der Waals surface area contributed by atoms with Crippen LogP contribution in [0.5, 0.6) is 0 Å². The van der Waals surface area contributed by atoms with Gasteiger partial charge in [0.1, 0.15) is 6.26 Å². The number of hydrogen-bond donors (Lipinski definition) is 2. The van der Waals surface area contributed by atoms with Crippen LogP contribution in [0.4, 0.5) is 0 Å². The minimum absolute atomic E-state index is 0.0885. The summed E-state index contributed by atoms with van der Waals surface area (Å²) in [5.74, 6) is 0.990. The van der Waals surface area contributed by atoms with Gasteiger partial charge in [-0.2, -0.15) is 0 Å². The van der Waals surface area contributed by atoms with E-state index in [1.54, 1.807) is 18.0 Å². The minimum Gasteiger partial charge on any atom is -0.440 e. The molecule has 1 aromatic heterocycles. The van der Waals surface area contributed by atoms with Crippen molar-refractivity contribution >= 4 is 29.4 Å². The molecular weight excluding hydrogens is 282 g/mol. The highest BCUT2D eigenvalue weighted by molar-refractivity contribution is 8.00. The number of aromatic nitrogens is 1. The number of thioether (sulfide) groups is 1. The van der Waals surface area contributed by atoms with Crippen LogP contribution in [0.3, 0.4) is 0 Å². The Bertz CT molecular complexity index is 570. The molecule has 0 aliphatic heterocycles. The predicted molar refractivity (Wildman–Crippen MR) is 76.0 cm³/mol. The Morgan fingerprint density at radius 2 is 2.26 bits per heavy atom. The number of amidine groups is 1. The molecule has 0 fully saturated rings. The zero-order valence-corrected chi connectivity index (χ0v) is 11.9. The van der Waals surface area contributed by atoms with Crippen molar-refractivity contribution in [1.82, 2.24) is 4.98 Å². The van der Waals surface area contributed by atoms with E-state index in [0.29, 0.717) is 10.8 Å². The summed E-state index contributed by atoms with van der Waals surface area (Å²) in [4.78, 5) is 5.87. The normalized spacial score (nSPS) is 11.7. The lowest BCUT2D eigenvalue weighted by Crippen LogP contribution is -2.15. The molecule has 0 saturated heterocycles. The first-order valence-electron chi connectivity index (χ1n) is 5.57. The van der Waals surface area contributed by atoms with Gasteiger partial charge in [-0.05, 0) is 29.6 Å². The van der Waals surface area contributed by atoms with Crippen LogP contribution in [0.15, 0.2) is 55.2 Å². The van der Waals surface area contributed by atoms with E-state index in [2.05, 4.69) is 17.1 Å². The van der Waals surface area contributed by atoms with Gasteiger partial charge >= 0.3 is 0 Å². The van der Waals surface area contributed by atoms with Gasteiger partial charge in [-0.25, -0.2) is 4.98 Å². The van der Waals surface area contributed by atoms with E-state index in [1.807, 2.05) is 18.2 Å². The van der Waals surface area contributed by atoms with Crippen molar-refractivity contribution in [3.8, 4) is 0 Å². The fourth-order valence-corrected chi connectivity index (χ4v) is 3.31. The molecule has 100 valence electrons. The second-order valence-corrected chi connectivity index (χ2v) is 5.75. The van der Waals surface area contributed by atoms with Gasteiger partial charge in [0.15, 0.2) is 5.84 Å². The van der Waals surface area contributed by atoms with Crippen LogP contribution in [0.25, 0.3) is 0 Å². The number of nitrogens with two attached hydrogens (primary N) is 1. The number of nitrogens with zero attached hydrogens (tertiary/aromatic N) is 2. The lowest BCUT2D eigenvalue weighted by atomic mass is 10.2. The van der Waals surface area contributed by atoms with E-state index >= 15 is 0 Å². The number of oxazole rings is 1. The summed E-state index contributed by atoms with van der Waals surface area (Å²) in [5, 5.41) is 12.6. The molecule has 0 aliphatic carbocycles. The molecule has 0 radical (unpaired) electrons. The predicted octanol–water partition coefficient (Wildman–Crippen LogP) is 3.03. The molecule has 19 heavy (non-hydrogen) atoms. The molecule has 5 nitrogen and oxygen atoms in total. The highest BCUT2D eigenvalue weighted by Crippen LogP contribution is 2.34. The van der Waals surface area contributed by atoms with E-state index in [0.717, 1.165) is 15.5 Å². The van der Waals surface area contributed by atoms with Crippen LogP contribution in [-0.2, 0) is 0 Å². The fraction of sp³-hybridized carbons (Fsp3) is 0.167. The third-order valence-corrected chi connectivity index (χ3v) is 4.13. The topological polar surface area (TPSA) is 84.6 Å². The van der Waals surface area contributed by atoms with Crippen molar-refractivity contribution in [2.24, 2.45) is 10.9 Å². The van der Waals surface area contributed by atoms with Gasteiger partial charge in [-0.3, -0.25) is 0 Å². The lowest BCUT2D eigenvalue weighted by molar-refractivity contribution is 0.318. The molecule has 7 heteroatoms. The average molecular weight is 295 g/mol. The first-order chi connectivity index (χ1) is 9.26. The summed E-state index contributed by atoms with van der Waals surface area (Å²) >= 11 is 2.98. The highest BCUT2D eigenvalue weighted by Gasteiger charge is 2.15. The summed E-state index contributed by atoms with van der Waals surface area (Å²) in [7, 11) is 0. The Hall–Kier alpha value is -1.60. The van der Waals surface area contributed by atoms with Crippen molar-refractivity contribution < 1.29 is 9.62 Å². The molecule has 0 aliphatic rings. The maximum absolute atomic E-state index is 8.94. The maximum Gasteiger partial charge on any atom is 0.260 e. The average Bonchev–Trinajstić information content (AvgIpc) is 2.91. The van der Waals surface area contributed by atoms with Crippen molar-refractivity contribution in [2.75, 3.05) is 5.75 Å². The standard InChI is InChI=1S/C12H13N3O2S2/c1-2-18-8-4-3-5-9(10(8)11(13)15-16)19-12-14-6-7-17-12/h3-7,16H,2H2,1H3,(H2,13,15). The van der Waals surface area contributed by atoms with Gasteiger partial charge in [0, 0.05) is 15.4 Å². The van der Waals surface area contributed by atoms with Gasteiger partial charge in [0.05, 0.1) is 6.20 Å². The van der Waals surface area contributed by atoms with Crippen LogP contribution in [-0.4, -0.2) is 21.8 Å². The van der Waals surface area contributed by atoms with Crippen LogP contribution in [0.2, 0.25) is 0 Å². The summed E-state index contributed by atoms with van der Waals surface area (Å²) < 4.78 is 5.21. The molecule has 0 spiro atoms. The molecule has 0 amide bonds. The summed E-state index contributed by atoms with van der Waals surface area (Å²) in [6.07, 6.45) is 3.09. The SMILES string of the molecule is CCSc1cccc(Sc2ncco2)c1/C(N)=N/O. The van der Waals surface area contributed by atoms with Crippen LogP contribution in [0, 0.1) is 0 Å². The Morgan fingerprint density at radius 3 is 2.89 bits per heavy atom. The number of hydrogen-bond acceptors (Lipinski definition) is 6. The molecular formula is C12H13N3O2S2.